The van der Waals surface area contributed by atoms with Crippen molar-refractivity contribution >= 4 is 33.9 Å². The summed E-state index contributed by atoms with van der Waals surface area (Å²) in [4.78, 5) is 2.78. The van der Waals surface area contributed by atoms with Gasteiger partial charge < -0.3 is 20.3 Å². The summed E-state index contributed by atoms with van der Waals surface area (Å²) in [6.45, 7) is 0. The van der Waals surface area contributed by atoms with Crippen LogP contribution in [0.3, 0.4) is 0 Å². The lowest BCUT2D eigenvalue weighted by molar-refractivity contribution is -0.163. The number of nitrogens with two attached hydrogens (primary N) is 1. The average molecular weight is 333 g/mol. The second kappa shape index (κ2) is 5.64. The van der Waals surface area contributed by atoms with E-state index in [-0.39, 0.29) is 17.1 Å². The molecule has 7 nitrogen and oxygen atoms in total. The van der Waals surface area contributed by atoms with E-state index in [9.17, 15) is 15.3 Å². The van der Waals surface area contributed by atoms with Crippen molar-refractivity contribution in [2.45, 2.75) is 5.91 Å². The lowest BCUT2D eigenvalue weighted by Crippen LogP contribution is -2.35. The first-order chi connectivity index (χ1) is 10.8. The highest BCUT2D eigenvalue weighted by molar-refractivity contribution is 6.31. The first-order valence-electron chi connectivity index (χ1n) is 6.61. The molecule has 0 aliphatic carbocycles. The largest absolute Gasteiger partial charge is 0.493 e. The molecule has 0 aliphatic heterocycles. The number of aromatic hydroxyl groups is 1. The van der Waals surface area contributed by atoms with E-state index < -0.39 is 5.91 Å². The fourth-order valence-corrected chi connectivity index (χ4v) is 2.29. The molecule has 6 N–H and O–H groups in total. The van der Waals surface area contributed by atoms with Gasteiger partial charge in [0.1, 0.15) is 0 Å². The molecule has 3 rings (SSSR count). The SMILES string of the molecule is NC(O)(O)c1ccc(N=Nc2c(O)[nH]c3ccc(Cl)cc23)cc1. The van der Waals surface area contributed by atoms with Gasteiger partial charge in [-0.25, -0.2) is 0 Å². The number of H-pyrrole nitrogens is 1. The zero-order valence-electron chi connectivity index (χ0n) is 11.7. The topological polar surface area (TPSA) is 127 Å². The van der Waals surface area contributed by atoms with Crippen LogP contribution in [-0.4, -0.2) is 20.3 Å². The Bertz CT molecular complexity index is 882. The van der Waals surface area contributed by atoms with Crippen LogP contribution in [0.2, 0.25) is 5.02 Å². The highest BCUT2D eigenvalue weighted by Crippen LogP contribution is 2.37. The van der Waals surface area contributed by atoms with Crippen LogP contribution >= 0.6 is 11.6 Å². The molecule has 3 aromatic rings. The summed E-state index contributed by atoms with van der Waals surface area (Å²) < 4.78 is 0. The van der Waals surface area contributed by atoms with Crippen LogP contribution in [-0.2, 0) is 5.91 Å². The third kappa shape index (κ3) is 3.17. The molecule has 0 spiro atoms. The number of azo groups is 1. The third-order valence-corrected chi connectivity index (χ3v) is 3.51. The van der Waals surface area contributed by atoms with Crippen molar-refractivity contribution in [3.8, 4) is 5.88 Å². The summed E-state index contributed by atoms with van der Waals surface area (Å²) in [5.74, 6) is -2.52. The highest BCUT2D eigenvalue weighted by Gasteiger charge is 2.18. The zero-order chi connectivity index (χ0) is 16.6. The van der Waals surface area contributed by atoms with Crippen molar-refractivity contribution in [2.75, 3.05) is 0 Å². The van der Waals surface area contributed by atoms with Crippen LogP contribution in [0.25, 0.3) is 10.9 Å². The average Bonchev–Trinajstić information content (AvgIpc) is 2.79. The number of rotatable bonds is 3. The molecule has 23 heavy (non-hydrogen) atoms. The summed E-state index contributed by atoms with van der Waals surface area (Å²) in [6, 6.07) is 11.0. The summed E-state index contributed by atoms with van der Waals surface area (Å²) in [5, 5.41) is 37.7. The van der Waals surface area contributed by atoms with Gasteiger partial charge in [0.2, 0.25) is 11.8 Å². The number of nitrogens with zero attached hydrogens (tertiary/aromatic N) is 2. The zero-order valence-corrected chi connectivity index (χ0v) is 12.5. The van der Waals surface area contributed by atoms with Crippen molar-refractivity contribution in [3.63, 3.8) is 0 Å². The van der Waals surface area contributed by atoms with E-state index in [1.54, 1.807) is 18.2 Å². The van der Waals surface area contributed by atoms with Crippen molar-refractivity contribution < 1.29 is 15.3 Å². The van der Waals surface area contributed by atoms with E-state index in [1.807, 2.05) is 0 Å². The second-order valence-corrected chi connectivity index (χ2v) is 5.42. The number of fused-ring (bicyclic) bond motifs is 1. The third-order valence-electron chi connectivity index (χ3n) is 3.27. The molecule has 0 saturated heterocycles. The van der Waals surface area contributed by atoms with Crippen molar-refractivity contribution in [3.05, 3.63) is 53.1 Å². The maximum Gasteiger partial charge on any atom is 0.248 e. The Hall–Kier alpha value is -2.45. The molecule has 0 saturated carbocycles. The molecular weight excluding hydrogens is 320 g/mol. The number of hydrogen-bond donors (Lipinski definition) is 5. The summed E-state index contributed by atoms with van der Waals surface area (Å²) in [7, 11) is 0. The first kappa shape index (κ1) is 15.4. The predicted molar refractivity (Wildman–Crippen MR) is 85.9 cm³/mol. The maximum absolute atomic E-state index is 9.92. The molecule has 1 heterocycles. The standard InChI is InChI=1S/C15H13ClN4O3/c16-9-3-6-12-11(7-9)13(14(21)18-12)20-19-10-4-1-8(2-5-10)15(17,22)23/h1-7,18,21-23H,17H2. The van der Waals surface area contributed by atoms with Gasteiger partial charge in [-0.05, 0) is 42.5 Å². The van der Waals surface area contributed by atoms with E-state index >= 15 is 0 Å². The van der Waals surface area contributed by atoms with E-state index in [4.69, 9.17) is 17.3 Å². The molecular formula is C15H13ClN4O3. The number of aromatic nitrogens is 1. The quantitative estimate of drug-likeness (QED) is 0.373. The van der Waals surface area contributed by atoms with Crippen LogP contribution < -0.4 is 5.73 Å². The fraction of sp³-hybridized carbons (Fsp3) is 0.0667. The molecule has 0 unspecified atom stereocenters. The Morgan fingerprint density at radius 3 is 2.39 bits per heavy atom. The maximum atomic E-state index is 9.92. The Kier molecular flexibility index (Phi) is 3.78. The van der Waals surface area contributed by atoms with Gasteiger partial charge in [-0.3, -0.25) is 5.73 Å². The Labute approximate surface area is 135 Å². The summed E-state index contributed by atoms with van der Waals surface area (Å²) in [6.07, 6.45) is 0. The van der Waals surface area contributed by atoms with Crippen LogP contribution in [0.5, 0.6) is 5.88 Å². The molecule has 2 aromatic carbocycles. The lowest BCUT2D eigenvalue weighted by atomic mass is 10.1. The van der Waals surface area contributed by atoms with E-state index in [1.165, 1.54) is 24.3 Å². The minimum atomic E-state index is -2.40. The minimum Gasteiger partial charge on any atom is -0.493 e. The lowest BCUT2D eigenvalue weighted by Gasteiger charge is -2.15. The number of aromatic amines is 1. The van der Waals surface area contributed by atoms with Crippen LogP contribution in [0.4, 0.5) is 11.4 Å². The molecule has 1 aromatic heterocycles. The first-order valence-corrected chi connectivity index (χ1v) is 6.98. The van der Waals surface area contributed by atoms with Crippen molar-refractivity contribution in [1.82, 2.24) is 4.98 Å². The fourth-order valence-electron chi connectivity index (χ4n) is 2.12. The number of hydrogen-bond acceptors (Lipinski definition) is 6. The number of benzene rings is 2. The molecule has 118 valence electrons. The number of halogens is 1. The van der Waals surface area contributed by atoms with Crippen molar-refractivity contribution in [1.29, 1.82) is 0 Å². The smallest absolute Gasteiger partial charge is 0.248 e. The van der Waals surface area contributed by atoms with Crippen LogP contribution in [0.1, 0.15) is 5.56 Å². The van der Waals surface area contributed by atoms with Gasteiger partial charge in [0.05, 0.1) is 11.2 Å². The second-order valence-electron chi connectivity index (χ2n) is 4.99. The van der Waals surface area contributed by atoms with Gasteiger partial charge in [-0.2, -0.15) is 5.11 Å². The monoisotopic (exact) mass is 332 g/mol. The highest BCUT2D eigenvalue weighted by atomic mass is 35.5. The normalized spacial score (nSPS) is 12.3. The van der Waals surface area contributed by atoms with Gasteiger partial charge in [0.15, 0.2) is 5.69 Å². The van der Waals surface area contributed by atoms with Gasteiger partial charge in [0.25, 0.3) is 0 Å². The van der Waals surface area contributed by atoms with E-state index in [2.05, 4.69) is 15.2 Å². The Morgan fingerprint density at radius 1 is 1.04 bits per heavy atom. The predicted octanol–water partition coefficient (Wildman–Crippen LogP) is 3.00. The molecule has 8 heteroatoms. The molecule has 0 amide bonds. The van der Waals surface area contributed by atoms with Crippen LogP contribution in [0.15, 0.2) is 52.7 Å². The summed E-state index contributed by atoms with van der Waals surface area (Å²) >= 11 is 5.95. The van der Waals surface area contributed by atoms with Gasteiger partial charge in [-0.1, -0.05) is 11.6 Å². The van der Waals surface area contributed by atoms with E-state index in [0.29, 0.717) is 21.6 Å². The van der Waals surface area contributed by atoms with Gasteiger partial charge >= 0.3 is 0 Å². The number of aliphatic hydroxyl groups is 2. The van der Waals surface area contributed by atoms with Gasteiger partial charge in [0, 0.05) is 16.0 Å². The van der Waals surface area contributed by atoms with Crippen LogP contribution in [0, 0.1) is 0 Å². The number of nitrogens with one attached hydrogen (secondary N) is 1. The van der Waals surface area contributed by atoms with Gasteiger partial charge in [-0.15, -0.1) is 5.11 Å². The Balaban J connectivity index is 1.94. The molecule has 0 fully saturated rings. The van der Waals surface area contributed by atoms with E-state index in [0.717, 1.165) is 0 Å². The molecule has 0 aliphatic rings. The molecule has 0 bridgehead atoms. The molecule has 0 radical (unpaired) electrons. The van der Waals surface area contributed by atoms with Crippen molar-refractivity contribution in [2.24, 2.45) is 16.0 Å². The Morgan fingerprint density at radius 2 is 1.74 bits per heavy atom. The minimum absolute atomic E-state index is 0.116. The summed E-state index contributed by atoms with van der Waals surface area (Å²) in [5.41, 5.74) is 6.69. The molecule has 0 atom stereocenters.